The van der Waals surface area contributed by atoms with E-state index in [1.165, 1.54) is 16.7 Å². The fourth-order valence-electron chi connectivity index (χ4n) is 3.01. The van der Waals surface area contributed by atoms with E-state index in [1.54, 1.807) is 0 Å². The molecule has 1 fully saturated rings. The fourth-order valence-corrected chi connectivity index (χ4v) is 3.01. The lowest BCUT2D eigenvalue weighted by Crippen LogP contribution is -2.39. The predicted octanol–water partition coefficient (Wildman–Crippen LogP) is 2.34. The lowest BCUT2D eigenvalue weighted by molar-refractivity contribution is 0.0587. The van der Waals surface area contributed by atoms with Gasteiger partial charge in [-0.3, -0.25) is 0 Å². The third-order valence-corrected chi connectivity index (χ3v) is 4.31. The average molecular weight is 233 g/mol. The van der Waals surface area contributed by atoms with Crippen molar-refractivity contribution < 1.29 is 5.11 Å². The number of nitrogens with two attached hydrogens (primary N) is 1. The van der Waals surface area contributed by atoms with E-state index in [9.17, 15) is 5.11 Å². The molecule has 1 aromatic rings. The Balaban J connectivity index is 2.27. The molecule has 1 saturated carbocycles. The standard InChI is InChI=1S/C15H23NO/c1-11-5-6-12(2)13(8-11)9-15(10-16)7-3-4-14(15)17/h5-6,8,14,17H,3-4,7,9-10,16H2,1-2H3. The summed E-state index contributed by atoms with van der Waals surface area (Å²) in [5.74, 6) is 0. The lowest BCUT2D eigenvalue weighted by Gasteiger charge is -2.32. The molecule has 0 radical (unpaired) electrons. The van der Waals surface area contributed by atoms with Gasteiger partial charge in [0.15, 0.2) is 0 Å². The van der Waals surface area contributed by atoms with Crippen molar-refractivity contribution in [1.29, 1.82) is 0 Å². The zero-order valence-corrected chi connectivity index (χ0v) is 10.9. The molecule has 94 valence electrons. The second-order valence-electron chi connectivity index (χ2n) is 5.58. The van der Waals surface area contributed by atoms with Crippen LogP contribution in [0.1, 0.15) is 36.0 Å². The Morgan fingerprint density at radius 1 is 1.41 bits per heavy atom. The van der Waals surface area contributed by atoms with E-state index in [4.69, 9.17) is 5.73 Å². The molecule has 2 heteroatoms. The Labute approximate surface area is 104 Å². The zero-order valence-electron chi connectivity index (χ0n) is 10.9. The van der Waals surface area contributed by atoms with Crippen molar-refractivity contribution in [2.45, 2.75) is 45.6 Å². The van der Waals surface area contributed by atoms with Gasteiger partial charge in [-0.1, -0.05) is 30.2 Å². The Morgan fingerprint density at radius 3 is 2.76 bits per heavy atom. The molecular formula is C15H23NO. The molecule has 2 unspecified atom stereocenters. The maximum atomic E-state index is 10.2. The monoisotopic (exact) mass is 233 g/mol. The van der Waals surface area contributed by atoms with Crippen molar-refractivity contribution in [1.82, 2.24) is 0 Å². The molecule has 1 aromatic carbocycles. The van der Waals surface area contributed by atoms with E-state index in [-0.39, 0.29) is 11.5 Å². The summed E-state index contributed by atoms with van der Waals surface area (Å²) >= 11 is 0. The van der Waals surface area contributed by atoms with E-state index in [0.717, 1.165) is 25.7 Å². The summed E-state index contributed by atoms with van der Waals surface area (Å²) in [5.41, 5.74) is 9.78. The maximum Gasteiger partial charge on any atom is 0.0611 e. The van der Waals surface area contributed by atoms with Crippen LogP contribution in [-0.4, -0.2) is 17.8 Å². The second-order valence-corrected chi connectivity index (χ2v) is 5.58. The first-order valence-corrected chi connectivity index (χ1v) is 6.52. The summed E-state index contributed by atoms with van der Waals surface area (Å²) in [7, 11) is 0. The molecule has 17 heavy (non-hydrogen) atoms. The van der Waals surface area contributed by atoms with E-state index in [0.29, 0.717) is 6.54 Å². The first-order valence-electron chi connectivity index (χ1n) is 6.52. The number of hydrogen-bond acceptors (Lipinski definition) is 2. The van der Waals surface area contributed by atoms with Crippen LogP contribution in [0, 0.1) is 19.3 Å². The molecule has 0 bridgehead atoms. The summed E-state index contributed by atoms with van der Waals surface area (Å²) in [6.45, 7) is 4.84. The number of benzene rings is 1. The molecule has 2 nitrogen and oxygen atoms in total. The van der Waals surface area contributed by atoms with Gasteiger partial charge in [-0.2, -0.15) is 0 Å². The molecule has 0 amide bonds. The highest BCUT2D eigenvalue weighted by molar-refractivity contribution is 5.31. The van der Waals surface area contributed by atoms with Gasteiger partial charge in [0.2, 0.25) is 0 Å². The lowest BCUT2D eigenvalue weighted by atomic mass is 9.77. The number of hydrogen-bond donors (Lipinski definition) is 2. The SMILES string of the molecule is Cc1ccc(C)c(CC2(CN)CCCC2O)c1. The molecule has 0 heterocycles. The summed E-state index contributed by atoms with van der Waals surface area (Å²) in [6.07, 6.45) is 3.74. The predicted molar refractivity (Wildman–Crippen MR) is 71.0 cm³/mol. The molecule has 1 aliphatic rings. The van der Waals surface area contributed by atoms with Gasteiger partial charge in [-0.15, -0.1) is 0 Å². The van der Waals surface area contributed by atoms with Crippen LogP contribution in [0.3, 0.4) is 0 Å². The molecule has 2 rings (SSSR count). The highest BCUT2D eigenvalue weighted by atomic mass is 16.3. The first-order chi connectivity index (χ1) is 8.07. The van der Waals surface area contributed by atoms with Crippen molar-refractivity contribution in [3.63, 3.8) is 0 Å². The van der Waals surface area contributed by atoms with Crippen molar-refractivity contribution in [2.75, 3.05) is 6.54 Å². The minimum atomic E-state index is -0.229. The molecule has 0 aliphatic heterocycles. The number of aryl methyl sites for hydroxylation is 2. The van der Waals surface area contributed by atoms with Crippen LogP contribution in [0.4, 0.5) is 0 Å². The normalized spacial score (nSPS) is 28.6. The van der Waals surface area contributed by atoms with Gasteiger partial charge in [0, 0.05) is 12.0 Å². The Morgan fingerprint density at radius 2 is 2.18 bits per heavy atom. The van der Waals surface area contributed by atoms with Gasteiger partial charge < -0.3 is 10.8 Å². The third kappa shape index (κ3) is 2.38. The Hall–Kier alpha value is -0.860. The molecule has 1 aliphatic carbocycles. The maximum absolute atomic E-state index is 10.2. The quantitative estimate of drug-likeness (QED) is 0.841. The van der Waals surface area contributed by atoms with Crippen LogP contribution in [-0.2, 0) is 6.42 Å². The van der Waals surface area contributed by atoms with Crippen LogP contribution >= 0.6 is 0 Å². The smallest absolute Gasteiger partial charge is 0.0611 e. The molecular weight excluding hydrogens is 210 g/mol. The van der Waals surface area contributed by atoms with E-state index < -0.39 is 0 Å². The van der Waals surface area contributed by atoms with Crippen LogP contribution in [0.5, 0.6) is 0 Å². The Kier molecular flexibility index (Phi) is 3.55. The molecule has 0 saturated heterocycles. The topological polar surface area (TPSA) is 46.2 Å². The van der Waals surface area contributed by atoms with Crippen molar-refractivity contribution in [2.24, 2.45) is 11.1 Å². The van der Waals surface area contributed by atoms with Crippen LogP contribution in [0.15, 0.2) is 18.2 Å². The van der Waals surface area contributed by atoms with Gasteiger partial charge in [0.1, 0.15) is 0 Å². The number of rotatable bonds is 3. The second kappa shape index (κ2) is 4.79. The van der Waals surface area contributed by atoms with Crippen molar-refractivity contribution in [3.8, 4) is 0 Å². The van der Waals surface area contributed by atoms with Gasteiger partial charge in [-0.05, 0) is 44.2 Å². The number of aliphatic hydroxyl groups excluding tert-OH is 1. The molecule has 3 N–H and O–H groups in total. The first kappa shape index (κ1) is 12.6. The van der Waals surface area contributed by atoms with Crippen molar-refractivity contribution in [3.05, 3.63) is 34.9 Å². The molecule has 0 aromatic heterocycles. The summed E-state index contributed by atoms with van der Waals surface area (Å²) < 4.78 is 0. The number of aliphatic hydroxyl groups is 1. The third-order valence-electron chi connectivity index (χ3n) is 4.31. The van der Waals surface area contributed by atoms with E-state index in [1.807, 2.05) is 0 Å². The summed E-state index contributed by atoms with van der Waals surface area (Å²) in [6, 6.07) is 6.53. The van der Waals surface area contributed by atoms with Crippen LogP contribution < -0.4 is 5.73 Å². The Bertz CT molecular complexity index is 402. The van der Waals surface area contributed by atoms with Gasteiger partial charge in [0.05, 0.1) is 6.10 Å². The van der Waals surface area contributed by atoms with Gasteiger partial charge >= 0.3 is 0 Å². The average Bonchev–Trinajstić information content (AvgIpc) is 2.66. The van der Waals surface area contributed by atoms with Crippen LogP contribution in [0.25, 0.3) is 0 Å². The van der Waals surface area contributed by atoms with Crippen molar-refractivity contribution >= 4 is 0 Å². The van der Waals surface area contributed by atoms with E-state index in [2.05, 4.69) is 32.0 Å². The highest BCUT2D eigenvalue weighted by Gasteiger charge is 2.40. The minimum absolute atomic E-state index is 0.0848. The zero-order chi connectivity index (χ0) is 12.5. The van der Waals surface area contributed by atoms with Crippen LogP contribution in [0.2, 0.25) is 0 Å². The van der Waals surface area contributed by atoms with E-state index >= 15 is 0 Å². The van der Waals surface area contributed by atoms with Gasteiger partial charge in [0.25, 0.3) is 0 Å². The fraction of sp³-hybridized carbons (Fsp3) is 0.600. The summed E-state index contributed by atoms with van der Waals surface area (Å²) in [5, 5.41) is 10.2. The summed E-state index contributed by atoms with van der Waals surface area (Å²) in [4.78, 5) is 0. The largest absolute Gasteiger partial charge is 0.392 e. The molecule has 0 spiro atoms. The minimum Gasteiger partial charge on any atom is -0.392 e. The highest BCUT2D eigenvalue weighted by Crippen LogP contribution is 2.40. The van der Waals surface area contributed by atoms with Gasteiger partial charge in [-0.25, -0.2) is 0 Å². The molecule has 2 atom stereocenters.